The molecule has 94 valence electrons. The molecular formula is C15H16BrNO. The maximum absolute atomic E-state index is 10.1. The zero-order chi connectivity index (χ0) is 13.0. The summed E-state index contributed by atoms with van der Waals surface area (Å²) in [5, 5.41) is 10.1. The van der Waals surface area contributed by atoms with Crippen LogP contribution < -0.4 is 5.73 Å². The quantitative estimate of drug-likeness (QED) is 0.846. The molecule has 0 aliphatic carbocycles. The molecule has 3 heteroatoms. The van der Waals surface area contributed by atoms with Crippen LogP contribution in [0.1, 0.15) is 23.7 Å². The molecule has 0 aliphatic heterocycles. The molecule has 0 saturated carbocycles. The minimum atomic E-state index is -0.465. The van der Waals surface area contributed by atoms with E-state index in [1.54, 1.807) is 0 Å². The zero-order valence-electron chi connectivity index (χ0n) is 10.0. The highest BCUT2D eigenvalue weighted by Gasteiger charge is 2.08. The van der Waals surface area contributed by atoms with Gasteiger partial charge in [-0.15, -0.1) is 0 Å². The minimum Gasteiger partial charge on any atom is -0.399 e. The molecule has 18 heavy (non-hydrogen) atoms. The summed E-state index contributed by atoms with van der Waals surface area (Å²) in [6.45, 7) is 0. The number of aryl methyl sites for hydroxylation is 1. The van der Waals surface area contributed by atoms with Crippen LogP contribution in [-0.4, -0.2) is 5.11 Å². The Balaban J connectivity index is 1.98. The second kappa shape index (κ2) is 6.03. The Morgan fingerprint density at radius 2 is 1.89 bits per heavy atom. The van der Waals surface area contributed by atoms with Gasteiger partial charge in [-0.05, 0) is 48.2 Å². The molecule has 0 aliphatic rings. The van der Waals surface area contributed by atoms with Gasteiger partial charge in [-0.3, -0.25) is 0 Å². The van der Waals surface area contributed by atoms with Crippen molar-refractivity contribution in [2.45, 2.75) is 18.9 Å². The summed E-state index contributed by atoms with van der Waals surface area (Å²) in [4.78, 5) is 0. The molecule has 2 nitrogen and oxygen atoms in total. The van der Waals surface area contributed by atoms with E-state index in [1.165, 1.54) is 5.56 Å². The molecule has 0 heterocycles. The smallest absolute Gasteiger partial charge is 0.0794 e. The Kier molecular flexibility index (Phi) is 4.39. The van der Waals surface area contributed by atoms with Gasteiger partial charge in [-0.25, -0.2) is 0 Å². The lowest BCUT2D eigenvalue weighted by Crippen LogP contribution is -2.00. The van der Waals surface area contributed by atoms with Crippen molar-refractivity contribution in [2.75, 3.05) is 5.73 Å². The van der Waals surface area contributed by atoms with Gasteiger partial charge < -0.3 is 10.8 Å². The van der Waals surface area contributed by atoms with E-state index >= 15 is 0 Å². The molecule has 2 aromatic rings. The topological polar surface area (TPSA) is 46.2 Å². The van der Waals surface area contributed by atoms with Gasteiger partial charge in [0.05, 0.1) is 6.10 Å². The van der Waals surface area contributed by atoms with Crippen LogP contribution in [0, 0.1) is 0 Å². The number of nitrogen functional groups attached to an aromatic ring is 1. The van der Waals surface area contributed by atoms with Crippen molar-refractivity contribution < 1.29 is 5.11 Å². The number of aliphatic hydroxyl groups is 1. The van der Waals surface area contributed by atoms with E-state index in [4.69, 9.17) is 5.73 Å². The maximum Gasteiger partial charge on any atom is 0.0794 e. The van der Waals surface area contributed by atoms with E-state index in [2.05, 4.69) is 28.1 Å². The van der Waals surface area contributed by atoms with Crippen molar-refractivity contribution in [1.82, 2.24) is 0 Å². The first-order valence-electron chi connectivity index (χ1n) is 5.93. The van der Waals surface area contributed by atoms with E-state index in [-0.39, 0.29) is 0 Å². The third kappa shape index (κ3) is 3.59. The summed E-state index contributed by atoms with van der Waals surface area (Å²) < 4.78 is 1.07. The third-order valence-corrected chi connectivity index (χ3v) is 3.38. The van der Waals surface area contributed by atoms with Gasteiger partial charge in [0.25, 0.3) is 0 Å². The van der Waals surface area contributed by atoms with Crippen LogP contribution in [0.3, 0.4) is 0 Å². The van der Waals surface area contributed by atoms with E-state index in [1.807, 2.05) is 36.4 Å². The average Bonchev–Trinajstić information content (AvgIpc) is 2.36. The lowest BCUT2D eigenvalue weighted by molar-refractivity contribution is 0.168. The first-order chi connectivity index (χ1) is 8.65. The Bertz CT molecular complexity index is 527. The average molecular weight is 306 g/mol. The number of rotatable bonds is 4. The summed E-state index contributed by atoms with van der Waals surface area (Å²) in [5.74, 6) is 0. The largest absolute Gasteiger partial charge is 0.399 e. The van der Waals surface area contributed by atoms with E-state index in [0.29, 0.717) is 12.1 Å². The Hall–Kier alpha value is -1.32. The van der Waals surface area contributed by atoms with Crippen LogP contribution in [-0.2, 0) is 6.42 Å². The van der Waals surface area contributed by atoms with E-state index in [9.17, 15) is 5.11 Å². The van der Waals surface area contributed by atoms with Crippen molar-refractivity contribution in [2.24, 2.45) is 0 Å². The Morgan fingerprint density at radius 3 is 2.61 bits per heavy atom. The molecule has 2 aromatic carbocycles. The number of halogens is 1. The molecule has 2 rings (SSSR count). The van der Waals surface area contributed by atoms with Crippen molar-refractivity contribution >= 4 is 21.6 Å². The highest BCUT2D eigenvalue weighted by atomic mass is 79.9. The molecule has 0 radical (unpaired) electrons. The summed E-state index contributed by atoms with van der Waals surface area (Å²) in [5.41, 5.74) is 8.49. The molecule has 0 bridgehead atoms. The van der Waals surface area contributed by atoms with Gasteiger partial charge in [0.1, 0.15) is 0 Å². The fourth-order valence-electron chi connectivity index (χ4n) is 1.93. The molecule has 0 spiro atoms. The van der Waals surface area contributed by atoms with Crippen LogP contribution in [0.4, 0.5) is 5.69 Å². The first kappa shape index (κ1) is 13.1. The van der Waals surface area contributed by atoms with Gasteiger partial charge in [0, 0.05) is 10.2 Å². The van der Waals surface area contributed by atoms with Crippen molar-refractivity contribution in [1.29, 1.82) is 0 Å². The summed E-state index contributed by atoms with van der Waals surface area (Å²) in [6.07, 6.45) is 1.07. The molecule has 1 unspecified atom stereocenters. The lowest BCUT2D eigenvalue weighted by Gasteiger charge is -2.11. The highest BCUT2D eigenvalue weighted by molar-refractivity contribution is 9.10. The molecule has 3 N–H and O–H groups in total. The van der Waals surface area contributed by atoms with Gasteiger partial charge in [0.2, 0.25) is 0 Å². The Labute approximate surface area is 116 Å². The van der Waals surface area contributed by atoms with Crippen LogP contribution >= 0.6 is 15.9 Å². The van der Waals surface area contributed by atoms with Gasteiger partial charge in [-0.1, -0.05) is 40.2 Å². The van der Waals surface area contributed by atoms with Crippen molar-refractivity contribution in [3.05, 3.63) is 64.1 Å². The van der Waals surface area contributed by atoms with E-state index < -0.39 is 6.10 Å². The first-order valence-corrected chi connectivity index (χ1v) is 6.72. The lowest BCUT2D eigenvalue weighted by atomic mass is 10.0. The molecule has 0 amide bonds. The normalized spacial score (nSPS) is 12.3. The second-order valence-corrected chi connectivity index (χ2v) is 5.27. The predicted octanol–water partition coefficient (Wildman–Crippen LogP) is 3.70. The predicted molar refractivity (Wildman–Crippen MR) is 78.3 cm³/mol. The monoisotopic (exact) mass is 305 g/mol. The minimum absolute atomic E-state index is 0.465. The zero-order valence-corrected chi connectivity index (χ0v) is 11.6. The summed E-state index contributed by atoms with van der Waals surface area (Å²) in [7, 11) is 0. The number of hydrogen-bond acceptors (Lipinski definition) is 2. The van der Waals surface area contributed by atoms with Gasteiger partial charge in [0.15, 0.2) is 0 Å². The Morgan fingerprint density at radius 1 is 1.11 bits per heavy atom. The number of anilines is 1. The highest BCUT2D eigenvalue weighted by Crippen LogP contribution is 2.21. The van der Waals surface area contributed by atoms with Gasteiger partial charge >= 0.3 is 0 Å². The number of benzene rings is 2. The van der Waals surface area contributed by atoms with Crippen LogP contribution in [0.15, 0.2) is 53.0 Å². The van der Waals surface area contributed by atoms with Crippen LogP contribution in [0.2, 0.25) is 0 Å². The molecule has 0 saturated heterocycles. The van der Waals surface area contributed by atoms with E-state index in [0.717, 1.165) is 16.5 Å². The number of aliphatic hydroxyl groups excluding tert-OH is 1. The fourth-order valence-corrected chi connectivity index (χ4v) is 2.38. The third-order valence-electron chi connectivity index (χ3n) is 2.89. The molecule has 0 aromatic heterocycles. The molecular weight excluding hydrogens is 290 g/mol. The second-order valence-electron chi connectivity index (χ2n) is 4.35. The molecule has 1 atom stereocenters. The van der Waals surface area contributed by atoms with Crippen LogP contribution in [0.25, 0.3) is 0 Å². The SMILES string of the molecule is Nc1cccc(C(O)CCc2cccc(Br)c2)c1. The maximum atomic E-state index is 10.1. The summed E-state index contributed by atoms with van der Waals surface area (Å²) in [6, 6.07) is 15.6. The standard InChI is InChI=1S/C15H16BrNO/c16-13-5-1-3-11(9-13)7-8-15(18)12-4-2-6-14(17)10-12/h1-6,9-10,15,18H,7-8,17H2. The number of nitrogens with two attached hydrogens (primary N) is 1. The number of hydrogen-bond donors (Lipinski definition) is 2. The van der Waals surface area contributed by atoms with Crippen LogP contribution in [0.5, 0.6) is 0 Å². The van der Waals surface area contributed by atoms with Crippen molar-refractivity contribution in [3.63, 3.8) is 0 Å². The van der Waals surface area contributed by atoms with Gasteiger partial charge in [-0.2, -0.15) is 0 Å². The summed E-state index contributed by atoms with van der Waals surface area (Å²) >= 11 is 3.44. The molecule has 0 fully saturated rings. The van der Waals surface area contributed by atoms with Crippen molar-refractivity contribution in [3.8, 4) is 0 Å². The fraction of sp³-hybridized carbons (Fsp3) is 0.200.